The topological polar surface area (TPSA) is 15.3 Å². The Kier molecular flexibility index (Phi) is 6.62. The molecule has 1 aromatic rings. The van der Waals surface area contributed by atoms with Crippen LogP contribution in [0.5, 0.6) is 0 Å². The van der Waals surface area contributed by atoms with E-state index in [0.717, 1.165) is 31.7 Å². The predicted octanol–water partition coefficient (Wildman–Crippen LogP) is 2.85. The van der Waals surface area contributed by atoms with Gasteiger partial charge in [0.2, 0.25) is 6.43 Å². The van der Waals surface area contributed by atoms with Gasteiger partial charge in [-0.3, -0.25) is 4.90 Å². The molecule has 1 aromatic carbocycles. The Bertz CT molecular complexity index is 367. The summed E-state index contributed by atoms with van der Waals surface area (Å²) < 4.78 is 38.3. The van der Waals surface area contributed by atoms with Crippen molar-refractivity contribution in [3.63, 3.8) is 0 Å². The second-order valence-corrected chi connectivity index (χ2v) is 4.48. The molecule has 19 heavy (non-hydrogen) atoms. The molecule has 0 unspecified atom stereocenters. The Morgan fingerprint density at radius 1 is 1.11 bits per heavy atom. The number of nitrogens with one attached hydrogen (secondary N) is 1. The maximum atomic E-state index is 12.9. The van der Waals surface area contributed by atoms with Crippen LogP contribution in [0.15, 0.2) is 24.3 Å². The number of hydrogen-bond acceptors (Lipinski definition) is 2. The molecule has 1 atom stereocenters. The van der Waals surface area contributed by atoms with Gasteiger partial charge in [0, 0.05) is 38.6 Å². The van der Waals surface area contributed by atoms with Gasteiger partial charge >= 0.3 is 0 Å². The largest absolute Gasteiger partial charge is 0.314 e. The van der Waals surface area contributed by atoms with Crippen LogP contribution in [0.25, 0.3) is 0 Å². The van der Waals surface area contributed by atoms with Crippen LogP contribution in [0.3, 0.4) is 0 Å². The molecule has 0 radical (unpaired) electrons. The van der Waals surface area contributed by atoms with E-state index in [2.05, 4.69) is 5.32 Å². The first-order chi connectivity index (χ1) is 8.66. The molecule has 0 saturated carbocycles. The summed E-state index contributed by atoms with van der Waals surface area (Å²) >= 11 is 0. The third kappa shape index (κ3) is 4.67. The van der Waals surface area contributed by atoms with E-state index in [4.69, 9.17) is 0 Å². The monoisotopic (exact) mass is 294 g/mol. The van der Waals surface area contributed by atoms with Gasteiger partial charge in [-0.05, 0) is 17.7 Å². The lowest BCUT2D eigenvalue weighted by molar-refractivity contribution is 0.0739. The molecule has 0 bridgehead atoms. The minimum absolute atomic E-state index is 0. The molecule has 108 valence electrons. The number of hydrogen-bond donors (Lipinski definition) is 1. The molecule has 2 nitrogen and oxygen atoms in total. The van der Waals surface area contributed by atoms with Crippen LogP contribution in [0, 0.1) is 5.82 Å². The van der Waals surface area contributed by atoms with Crippen molar-refractivity contribution >= 4 is 12.4 Å². The summed E-state index contributed by atoms with van der Waals surface area (Å²) in [6.07, 6.45) is -2.55. The van der Waals surface area contributed by atoms with E-state index in [0.29, 0.717) is 0 Å². The van der Waals surface area contributed by atoms with Gasteiger partial charge in [0.05, 0.1) is 0 Å². The zero-order chi connectivity index (χ0) is 13.0. The van der Waals surface area contributed by atoms with Gasteiger partial charge in [0.25, 0.3) is 0 Å². The summed E-state index contributed by atoms with van der Waals surface area (Å²) in [4.78, 5) is 2.04. The molecule has 0 aliphatic carbocycles. The van der Waals surface area contributed by atoms with Crippen LogP contribution in [0.4, 0.5) is 13.2 Å². The molecule has 1 saturated heterocycles. The minimum atomic E-state index is -2.35. The Morgan fingerprint density at radius 3 is 2.21 bits per heavy atom. The van der Waals surface area contributed by atoms with Crippen molar-refractivity contribution in [1.29, 1.82) is 0 Å². The van der Waals surface area contributed by atoms with Crippen LogP contribution in [-0.2, 0) is 0 Å². The minimum Gasteiger partial charge on any atom is -0.314 e. The summed E-state index contributed by atoms with van der Waals surface area (Å²) in [5, 5.41) is 3.19. The Hall–Kier alpha value is -0.780. The van der Waals surface area contributed by atoms with Crippen LogP contribution in [0.1, 0.15) is 18.0 Å². The number of piperazine rings is 1. The van der Waals surface area contributed by atoms with Crippen LogP contribution < -0.4 is 5.32 Å². The van der Waals surface area contributed by atoms with Gasteiger partial charge in [0.1, 0.15) is 5.82 Å². The third-order valence-corrected chi connectivity index (χ3v) is 3.25. The van der Waals surface area contributed by atoms with Gasteiger partial charge in [-0.15, -0.1) is 12.4 Å². The zero-order valence-electron chi connectivity index (χ0n) is 10.5. The molecule has 0 aromatic heterocycles. The van der Waals surface area contributed by atoms with E-state index < -0.39 is 6.43 Å². The van der Waals surface area contributed by atoms with Gasteiger partial charge in [-0.25, -0.2) is 13.2 Å². The van der Waals surface area contributed by atoms with E-state index in [1.54, 1.807) is 12.1 Å². The quantitative estimate of drug-likeness (QED) is 0.919. The third-order valence-electron chi connectivity index (χ3n) is 3.25. The van der Waals surface area contributed by atoms with Crippen molar-refractivity contribution in [3.05, 3.63) is 35.6 Å². The normalized spacial score (nSPS) is 18.1. The molecular formula is C13H18ClF3N2. The van der Waals surface area contributed by atoms with Crippen molar-refractivity contribution in [3.8, 4) is 0 Å². The average molecular weight is 295 g/mol. The molecular weight excluding hydrogens is 277 g/mol. The van der Waals surface area contributed by atoms with Crippen molar-refractivity contribution in [1.82, 2.24) is 10.2 Å². The van der Waals surface area contributed by atoms with E-state index in [9.17, 15) is 13.2 Å². The fraction of sp³-hybridized carbons (Fsp3) is 0.538. The fourth-order valence-electron chi connectivity index (χ4n) is 2.34. The highest BCUT2D eigenvalue weighted by atomic mass is 35.5. The summed E-state index contributed by atoms with van der Waals surface area (Å²) in [6, 6.07) is 5.54. The number of halogens is 4. The first-order valence-corrected chi connectivity index (χ1v) is 6.15. The number of rotatable bonds is 4. The average Bonchev–Trinajstić information content (AvgIpc) is 2.38. The molecule has 1 aliphatic rings. The van der Waals surface area contributed by atoms with Gasteiger partial charge in [0.15, 0.2) is 0 Å². The fourth-order valence-corrected chi connectivity index (χ4v) is 2.34. The van der Waals surface area contributed by atoms with Gasteiger partial charge in [-0.1, -0.05) is 12.1 Å². The summed E-state index contributed by atoms with van der Waals surface area (Å²) in [6.45, 7) is 3.10. The second-order valence-electron chi connectivity index (χ2n) is 4.48. The predicted molar refractivity (Wildman–Crippen MR) is 71.5 cm³/mol. The first kappa shape index (κ1) is 16.3. The molecule has 1 heterocycles. The van der Waals surface area contributed by atoms with E-state index in [1.165, 1.54) is 12.1 Å². The highest BCUT2D eigenvalue weighted by Crippen LogP contribution is 2.27. The zero-order valence-corrected chi connectivity index (χ0v) is 11.3. The maximum absolute atomic E-state index is 12.9. The summed E-state index contributed by atoms with van der Waals surface area (Å²) in [7, 11) is 0. The Labute approximate surface area is 117 Å². The Morgan fingerprint density at radius 2 is 1.68 bits per heavy atom. The first-order valence-electron chi connectivity index (χ1n) is 6.15. The standard InChI is InChI=1S/C13H17F3N2.ClH/c14-11-3-1-10(2-4-11)12(9-13(15)16)18-7-5-17-6-8-18;/h1-4,12-13,17H,5-9H2;1H/t12-;/m0./s1. The highest BCUT2D eigenvalue weighted by Gasteiger charge is 2.25. The van der Waals surface area contributed by atoms with Crippen molar-refractivity contribution in [2.75, 3.05) is 26.2 Å². The SMILES string of the molecule is Cl.Fc1ccc([C@H](CC(F)F)N2CCNCC2)cc1. The van der Waals surface area contributed by atoms with Gasteiger partial charge < -0.3 is 5.32 Å². The molecule has 2 rings (SSSR count). The summed E-state index contributed by atoms with van der Waals surface area (Å²) in [5.41, 5.74) is 0.763. The highest BCUT2D eigenvalue weighted by molar-refractivity contribution is 5.85. The lowest BCUT2D eigenvalue weighted by Gasteiger charge is -2.35. The smallest absolute Gasteiger partial charge is 0.240 e. The van der Waals surface area contributed by atoms with Crippen molar-refractivity contribution < 1.29 is 13.2 Å². The van der Waals surface area contributed by atoms with E-state index in [-0.39, 0.29) is 30.7 Å². The lowest BCUT2D eigenvalue weighted by atomic mass is 10.0. The van der Waals surface area contributed by atoms with Crippen molar-refractivity contribution in [2.24, 2.45) is 0 Å². The molecule has 1 aliphatic heterocycles. The Balaban J connectivity index is 0.00000180. The molecule has 0 spiro atoms. The second kappa shape index (κ2) is 7.72. The van der Waals surface area contributed by atoms with Gasteiger partial charge in [-0.2, -0.15) is 0 Å². The summed E-state index contributed by atoms with van der Waals surface area (Å²) in [5.74, 6) is -0.338. The van der Waals surface area contributed by atoms with Crippen LogP contribution in [0.2, 0.25) is 0 Å². The van der Waals surface area contributed by atoms with E-state index in [1.807, 2.05) is 4.90 Å². The maximum Gasteiger partial charge on any atom is 0.240 e. The van der Waals surface area contributed by atoms with Crippen LogP contribution >= 0.6 is 12.4 Å². The van der Waals surface area contributed by atoms with Crippen molar-refractivity contribution in [2.45, 2.75) is 18.9 Å². The lowest BCUT2D eigenvalue weighted by Crippen LogP contribution is -2.45. The molecule has 6 heteroatoms. The molecule has 1 N–H and O–H groups in total. The molecule has 1 fully saturated rings. The number of nitrogens with zero attached hydrogens (tertiary/aromatic N) is 1. The molecule has 0 amide bonds. The number of benzene rings is 1. The van der Waals surface area contributed by atoms with Crippen LogP contribution in [-0.4, -0.2) is 37.5 Å². The van der Waals surface area contributed by atoms with E-state index >= 15 is 0 Å². The number of alkyl halides is 2.